The molecule has 18 heavy (non-hydrogen) atoms. The highest BCUT2D eigenvalue weighted by atomic mass is 16.5. The van der Waals surface area contributed by atoms with E-state index in [9.17, 15) is 0 Å². The van der Waals surface area contributed by atoms with Crippen LogP contribution in [-0.4, -0.2) is 30.0 Å². The Labute approximate surface area is 110 Å². The summed E-state index contributed by atoms with van der Waals surface area (Å²) in [7, 11) is 1.72. The zero-order chi connectivity index (χ0) is 13.5. The molecule has 4 nitrogen and oxygen atoms in total. The Kier molecular flexibility index (Phi) is 6.09. The first-order valence-corrected chi connectivity index (χ1v) is 6.43. The highest BCUT2D eigenvalue weighted by molar-refractivity contribution is 5.24. The molecule has 0 aliphatic rings. The van der Waals surface area contributed by atoms with E-state index in [4.69, 9.17) is 4.74 Å². The molecule has 1 heterocycles. The second kappa shape index (κ2) is 7.34. The SMILES string of the molecule is C=C(C)CCn1nc(C)c(CNCCOC)c1C. The van der Waals surface area contributed by atoms with Crippen LogP contribution in [0.3, 0.4) is 0 Å². The summed E-state index contributed by atoms with van der Waals surface area (Å²) in [5.41, 5.74) is 4.85. The second-order valence-corrected chi connectivity index (χ2v) is 4.75. The predicted octanol–water partition coefficient (Wildman–Crippen LogP) is 2.20. The van der Waals surface area contributed by atoms with Gasteiger partial charge in [0.05, 0.1) is 12.3 Å². The van der Waals surface area contributed by atoms with Crippen LogP contribution in [0.25, 0.3) is 0 Å². The van der Waals surface area contributed by atoms with Gasteiger partial charge < -0.3 is 10.1 Å². The fraction of sp³-hybridized carbons (Fsp3) is 0.643. The molecule has 102 valence electrons. The Morgan fingerprint density at radius 2 is 2.17 bits per heavy atom. The highest BCUT2D eigenvalue weighted by Gasteiger charge is 2.10. The lowest BCUT2D eigenvalue weighted by Gasteiger charge is -2.06. The van der Waals surface area contributed by atoms with Crippen LogP contribution in [0.4, 0.5) is 0 Å². The lowest BCUT2D eigenvalue weighted by molar-refractivity contribution is 0.199. The Morgan fingerprint density at radius 1 is 1.44 bits per heavy atom. The van der Waals surface area contributed by atoms with E-state index >= 15 is 0 Å². The number of ether oxygens (including phenoxy) is 1. The third-order valence-electron chi connectivity index (χ3n) is 3.07. The molecule has 0 saturated carbocycles. The molecule has 1 rings (SSSR count). The molecule has 0 aliphatic carbocycles. The van der Waals surface area contributed by atoms with Gasteiger partial charge in [-0.2, -0.15) is 5.10 Å². The summed E-state index contributed by atoms with van der Waals surface area (Å²) in [5.74, 6) is 0. The van der Waals surface area contributed by atoms with Gasteiger partial charge >= 0.3 is 0 Å². The maximum Gasteiger partial charge on any atom is 0.0641 e. The van der Waals surface area contributed by atoms with Gasteiger partial charge in [0.1, 0.15) is 0 Å². The molecule has 1 N–H and O–H groups in total. The molecule has 4 heteroatoms. The van der Waals surface area contributed by atoms with Crippen molar-refractivity contribution in [3.63, 3.8) is 0 Å². The molecule has 0 radical (unpaired) electrons. The Balaban J connectivity index is 2.59. The summed E-state index contributed by atoms with van der Waals surface area (Å²) in [6.07, 6.45) is 0.985. The standard InChI is InChI=1S/C14H25N3O/c1-11(2)6-8-17-13(4)14(12(3)16-17)10-15-7-9-18-5/h15H,1,6-10H2,2-5H3. The number of allylic oxidation sites excluding steroid dienone is 1. The summed E-state index contributed by atoms with van der Waals surface area (Å²) >= 11 is 0. The van der Waals surface area contributed by atoms with Crippen molar-refractivity contribution < 1.29 is 4.74 Å². The van der Waals surface area contributed by atoms with Crippen LogP contribution in [-0.2, 0) is 17.8 Å². The largest absolute Gasteiger partial charge is 0.383 e. The monoisotopic (exact) mass is 251 g/mol. The number of hydrogen-bond acceptors (Lipinski definition) is 3. The average molecular weight is 251 g/mol. The van der Waals surface area contributed by atoms with Crippen molar-refractivity contribution in [3.05, 3.63) is 29.1 Å². The Hall–Kier alpha value is -1.13. The van der Waals surface area contributed by atoms with E-state index in [0.717, 1.165) is 38.4 Å². The van der Waals surface area contributed by atoms with Crippen molar-refractivity contribution in [1.29, 1.82) is 0 Å². The van der Waals surface area contributed by atoms with E-state index in [1.54, 1.807) is 7.11 Å². The zero-order valence-electron chi connectivity index (χ0n) is 12.0. The van der Waals surface area contributed by atoms with Crippen LogP contribution in [0.15, 0.2) is 12.2 Å². The van der Waals surface area contributed by atoms with Gasteiger partial charge in [-0.3, -0.25) is 4.68 Å². The number of nitrogens with one attached hydrogen (secondary N) is 1. The molecule has 0 saturated heterocycles. The van der Waals surface area contributed by atoms with Crippen LogP contribution >= 0.6 is 0 Å². The van der Waals surface area contributed by atoms with Crippen molar-refractivity contribution in [3.8, 4) is 0 Å². The van der Waals surface area contributed by atoms with Crippen molar-refractivity contribution in [2.24, 2.45) is 0 Å². The maximum atomic E-state index is 5.02. The van der Waals surface area contributed by atoms with Gasteiger partial charge in [0.2, 0.25) is 0 Å². The molecular weight excluding hydrogens is 226 g/mol. The van der Waals surface area contributed by atoms with Crippen LogP contribution in [0.2, 0.25) is 0 Å². The zero-order valence-corrected chi connectivity index (χ0v) is 12.0. The first-order chi connectivity index (χ1) is 8.56. The van der Waals surface area contributed by atoms with Gasteiger partial charge in [0.25, 0.3) is 0 Å². The van der Waals surface area contributed by atoms with Crippen molar-refractivity contribution in [2.75, 3.05) is 20.3 Å². The van der Waals surface area contributed by atoms with Crippen molar-refractivity contribution in [2.45, 2.75) is 40.3 Å². The molecule has 0 spiro atoms. The topological polar surface area (TPSA) is 39.1 Å². The Morgan fingerprint density at radius 3 is 2.78 bits per heavy atom. The molecule has 0 unspecified atom stereocenters. The highest BCUT2D eigenvalue weighted by Crippen LogP contribution is 2.14. The van der Waals surface area contributed by atoms with Gasteiger partial charge in [-0.15, -0.1) is 6.58 Å². The molecule has 1 aromatic heterocycles. The molecule has 0 aliphatic heterocycles. The van der Waals surface area contributed by atoms with E-state index in [1.165, 1.54) is 16.8 Å². The summed E-state index contributed by atoms with van der Waals surface area (Å²) in [6, 6.07) is 0. The first-order valence-electron chi connectivity index (χ1n) is 6.43. The number of rotatable bonds is 8. The number of nitrogens with zero attached hydrogens (tertiary/aromatic N) is 2. The van der Waals surface area contributed by atoms with Crippen molar-refractivity contribution >= 4 is 0 Å². The minimum absolute atomic E-state index is 0.738. The van der Waals surface area contributed by atoms with Gasteiger partial charge in [-0.05, 0) is 27.2 Å². The smallest absolute Gasteiger partial charge is 0.0641 e. The van der Waals surface area contributed by atoms with E-state index < -0.39 is 0 Å². The Bertz CT molecular complexity index is 396. The lowest BCUT2D eigenvalue weighted by atomic mass is 10.2. The molecule has 1 aromatic rings. The summed E-state index contributed by atoms with van der Waals surface area (Å²) < 4.78 is 7.10. The fourth-order valence-electron chi connectivity index (χ4n) is 1.89. The summed E-state index contributed by atoms with van der Waals surface area (Å²) in [6.45, 7) is 13.6. The number of methoxy groups -OCH3 is 1. The molecule has 0 atom stereocenters. The van der Waals surface area contributed by atoms with Gasteiger partial charge in [-0.25, -0.2) is 0 Å². The van der Waals surface area contributed by atoms with Gasteiger partial charge in [0, 0.05) is 38.0 Å². The number of aryl methyl sites for hydroxylation is 2. The van der Waals surface area contributed by atoms with E-state index in [1.807, 2.05) is 0 Å². The molecule has 0 fully saturated rings. The van der Waals surface area contributed by atoms with Gasteiger partial charge in [-0.1, -0.05) is 5.57 Å². The normalized spacial score (nSPS) is 10.9. The summed E-state index contributed by atoms with van der Waals surface area (Å²) in [4.78, 5) is 0. The minimum Gasteiger partial charge on any atom is -0.383 e. The van der Waals surface area contributed by atoms with Crippen LogP contribution in [0.5, 0.6) is 0 Å². The minimum atomic E-state index is 0.738. The van der Waals surface area contributed by atoms with Crippen LogP contribution in [0, 0.1) is 13.8 Å². The quantitative estimate of drug-likeness (QED) is 0.568. The van der Waals surface area contributed by atoms with Crippen LogP contribution in [0.1, 0.15) is 30.3 Å². The van der Waals surface area contributed by atoms with E-state index in [0.29, 0.717) is 0 Å². The van der Waals surface area contributed by atoms with Crippen LogP contribution < -0.4 is 5.32 Å². The first kappa shape index (κ1) is 14.9. The lowest BCUT2D eigenvalue weighted by Crippen LogP contribution is -2.19. The van der Waals surface area contributed by atoms with E-state index in [2.05, 4.69) is 42.4 Å². The van der Waals surface area contributed by atoms with Crippen molar-refractivity contribution in [1.82, 2.24) is 15.1 Å². The van der Waals surface area contributed by atoms with E-state index in [-0.39, 0.29) is 0 Å². The molecule has 0 aromatic carbocycles. The molecule has 0 amide bonds. The maximum absolute atomic E-state index is 5.02. The molecular formula is C14H25N3O. The fourth-order valence-corrected chi connectivity index (χ4v) is 1.89. The third kappa shape index (κ3) is 4.27. The number of aromatic nitrogens is 2. The summed E-state index contributed by atoms with van der Waals surface area (Å²) in [5, 5.41) is 7.95. The number of hydrogen-bond donors (Lipinski definition) is 1. The second-order valence-electron chi connectivity index (χ2n) is 4.75. The predicted molar refractivity (Wildman–Crippen MR) is 74.7 cm³/mol. The average Bonchev–Trinajstić information content (AvgIpc) is 2.58. The molecule has 0 bridgehead atoms. The third-order valence-corrected chi connectivity index (χ3v) is 3.07. The van der Waals surface area contributed by atoms with Gasteiger partial charge in [0.15, 0.2) is 0 Å².